The first-order valence-corrected chi connectivity index (χ1v) is 12.1. The predicted octanol–water partition coefficient (Wildman–Crippen LogP) is 3.60. The van der Waals surface area contributed by atoms with Gasteiger partial charge in [0.15, 0.2) is 9.84 Å². The highest BCUT2D eigenvalue weighted by Crippen LogP contribution is 2.29. The van der Waals surface area contributed by atoms with Crippen molar-refractivity contribution in [2.45, 2.75) is 43.6 Å². The van der Waals surface area contributed by atoms with Crippen molar-refractivity contribution in [3.05, 3.63) is 54.2 Å². The molecule has 1 aromatic heterocycles. The van der Waals surface area contributed by atoms with E-state index in [1.54, 1.807) is 24.4 Å². The normalized spacial score (nSPS) is 19.5. The summed E-state index contributed by atoms with van der Waals surface area (Å²) in [7, 11) is -3.11. The van der Waals surface area contributed by atoms with E-state index >= 15 is 0 Å². The van der Waals surface area contributed by atoms with Crippen LogP contribution in [-0.2, 0) is 15.6 Å². The van der Waals surface area contributed by atoms with Gasteiger partial charge in [0.1, 0.15) is 11.3 Å². The van der Waals surface area contributed by atoms with E-state index in [4.69, 9.17) is 4.74 Å². The van der Waals surface area contributed by atoms with E-state index in [0.29, 0.717) is 22.8 Å². The molecule has 3 aromatic rings. The van der Waals surface area contributed by atoms with Crippen molar-refractivity contribution >= 4 is 32.4 Å². The van der Waals surface area contributed by atoms with Gasteiger partial charge in [-0.2, -0.15) is 0 Å². The molecule has 2 aromatic carbocycles. The molecular weight excluding hydrogens is 402 g/mol. The number of nitrogens with zero attached hydrogens (tertiary/aromatic N) is 2. The standard InChI is InChI=1S/C22H25N3O4S/c1-30(27,28)14-15-4-2-6-17(12-15)24-22-23-13-16-5-3-7-20(21(16)25-22)29-19-10-8-18(26)9-11-19/h2-7,12-13,18-19,26H,8-11,14H2,1H3,(H,23,24,25)/t18-,19+. The summed E-state index contributed by atoms with van der Waals surface area (Å²) in [6, 6.07) is 13.0. The van der Waals surface area contributed by atoms with Crippen molar-refractivity contribution in [1.82, 2.24) is 9.97 Å². The molecule has 158 valence electrons. The molecule has 0 spiro atoms. The Morgan fingerprint density at radius 1 is 1.13 bits per heavy atom. The van der Waals surface area contributed by atoms with Crippen LogP contribution in [0.4, 0.5) is 11.6 Å². The summed E-state index contributed by atoms with van der Waals surface area (Å²) in [6.45, 7) is 0. The number of aliphatic hydroxyl groups is 1. The summed E-state index contributed by atoms with van der Waals surface area (Å²) < 4.78 is 29.3. The van der Waals surface area contributed by atoms with E-state index in [0.717, 1.165) is 36.8 Å². The van der Waals surface area contributed by atoms with E-state index in [1.807, 2.05) is 24.3 Å². The Balaban J connectivity index is 1.56. The maximum Gasteiger partial charge on any atom is 0.227 e. The SMILES string of the molecule is CS(=O)(=O)Cc1cccc(Nc2ncc3cccc(O[C@H]4CC[C@@H](O)CC4)c3n2)c1. The van der Waals surface area contributed by atoms with Gasteiger partial charge in [-0.3, -0.25) is 0 Å². The Hall–Kier alpha value is -2.71. The molecule has 1 heterocycles. The zero-order valence-electron chi connectivity index (χ0n) is 16.8. The number of hydrogen-bond acceptors (Lipinski definition) is 7. The number of rotatable bonds is 6. The largest absolute Gasteiger partial charge is 0.488 e. The number of anilines is 2. The zero-order chi connectivity index (χ0) is 21.1. The van der Waals surface area contributed by atoms with Crippen LogP contribution in [0.3, 0.4) is 0 Å². The smallest absolute Gasteiger partial charge is 0.227 e. The van der Waals surface area contributed by atoms with Gasteiger partial charge in [0.25, 0.3) is 0 Å². The molecule has 30 heavy (non-hydrogen) atoms. The molecule has 8 heteroatoms. The second-order valence-electron chi connectivity index (χ2n) is 7.83. The lowest BCUT2D eigenvalue weighted by atomic mass is 9.95. The molecule has 0 aliphatic heterocycles. The summed E-state index contributed by atoms with van der Waals surface area (Å²) in [5, 5.41) is 13.7. The van der Waals surface area contributed by atoms with E-state index in [2.05, 4.69) is 15.3 Å². The molecule has 1 fully saturated rings. The van der Waals surface area contributed by atoms with Crippen molar-refractivity contribution in [2.24, 2.45) is 0 Å². The van der Waals surface area contributed by atoms with Crippen LogP contribution in [0.1, 0.15) is 31.2 Å². The van der Waals surface area contributed by atoms with E-state index in [-0.39, 0.29) is 18.0 Å². The first-order chi connectivity index (χ1) is 14.4. The molecule has 0 amide bonds. The lowest BCUT2D eigenvalue weighted by Gasteiger charge is -2.26. The first-order valence-electron chi connectivity index (χ1n) is 10.00. The van der Waals surface area contributed by atoms with Crippen LogP contribution in [0, 0.1) is 0 Å². The highest BCUT2D eigenvalue weighted by Gasteiger charge is 2.21. The Kier molecular flexibility index (Phi) is 5.87. The summed E-state index contributed by atoms with van der Waals surface area (Å²) in [5.74, 6) is 1.09. The third-order valence-corrected chi connectivity index (χ3v) is 5.98. The number of sulfone groups is 1. The molecule has 0 radical (unpaired) electrons. The quantitative estimate of drug-likeness (QED) is 0.620. The number of benzene rings is 2. The lowest BCUT2D eigenvalue weighted by molar-refractivity contribution is 0.0672. The summed E-state index contributed by atoms with van der Waals surface area (Å²) in [6.07, 6.45) is 5.94. The number of nitrogens with one attached hydrogen (secondary N) is 1. The van der Waals surface area contributed by atoms with E-state index in [9.17, 15) is 13.5 Å². The van der Waals surface area contributed by atoms with Crippen molar-refractivity contribution in [2.75, 3.05) is 11.6 Å². The summed E-state index contributed by atoms with van der Waals surface area (Å²) in [5.41, 5.74) is 2.13. The van der Waals surface area contributed by atoms with Crippen LogP contribution < -0.4 is 10.1 Å². The number of hydrogen-bond donors (Lipinski definition) is 2. The maximum absolute atomic E-state index is 11.6. The van der Waals surface area contributed by atoms with Gasteiger partial charge in [-0.25, -0.2) is 18.4 Å². The second-order valence-corrected chi connectivity index (χ2v) is 9.97. The van der Waals surface area contributed by atoms with Gasteiger partial charge in [0.2, 0.25) is 5.95 Å². The monoisotopic (exact) mass is 427 g/mol. The van der Waals surface area contributed by atoms with Crippen LogP contribution in [0.15, 0.2) is 48.7 Å². The fourth-order valence-electron chi connectivity index (χ4n) is 3.70. The fourth-order valence-corrected chi connectivity index (χ4v) is 4.48. The van der Waals surface area contributed by atoms with Gasteiger partial charge in [-0.15, -0.1) is 0 Å². The van der Waals surface area contributed by atoms with Crippen LogP contribution in [0.25, 0.3) is 10.9 Å². The van der Waals surface area contributed by atoms with Crippen molar-refractivity contribution < 1.29 is 18.3 Å². The van der Waals surface area contributed by atoms with Crippen LogP contribution in [-0.4, -0.2) is 42.0 Å². The topological polar surface area (TPSA) is 101 Å². The molecule has 1 aliphatic carbocycles. The molecule has 1 aliphatic rings. The molecule has 4 rings (SSSR count). The Morgan fingerprint density at radius 2 is 1.90 bits per heavy atom. The van der Waals surface area contributed by atoms with Crippen LogP contribution >= 0.6 is 0 Å². The van der Waals surface area contributed by atoms with Gasteiger partial charge in [0, 0.05) is 23.5 Å². The van der Waals surface area contributed by atoms with Gasteiger partial charge in [0.05, 0.1) is 18.0 Å². The van der Waals surface area contributed by atoms with Gasteiger partial charge in [-0.05, 0) is 49.4 Å². The van der Waals surface area contributed by atoms with Crippen molar-refractivity contribution in [3.8, 4) is 5.75 Å². The Bertz CT molecular complexity index is 1140. The highest BCUT2D eigenvalue weighted by molar-refractivity contribution is 7.89. The van der Waals surface area contributed by atoms with Crippen molar-refractivity contribution in [1.29, 1.82) is 0 Å². The van der Waals surface area contributed by atoms with Gasteiger partial charge in [-0.1, -0.05) is 24.3 Å². The fraction of sp³-hybridized carbons (Fsp3) is 0.364. The number of aliphatic hydroxyl groups excluding tert-OH is 1. The average Bonchev–Trinajstić information content (AvgIpc) is 2.69. The minimum absolute atomic E-state index is 0.0187. The molecule has 0 saturated heterocycles. The predicted molar refractivity (Wildman–Crippen MR) is 117 cm³/mol. The second kappa shape index (κ2) is 8.57. The third kappa shape index (κ3) is 5.25. The lowest BCUT2D eigenvalue weighted by Crippen LogP contribution is -2.26. The summed E-state index contributed by atoms with van der Waals surface area (Å²) >= 11 is 0. The number of para-hydroxylation sites is 1. The molecule has 0 bridgehead atoms. The molecular formula is C22H25N3O4S. The van der Waals surface area contributed by atoms with Gasteiger partial charge >= 0.3 is 0 Å². The number of aromatic nitrogens is 2. The molecule has 1 saturated carbocycles. The zero-order valence-corrected chi connectivity index (χ0v) is 17.6. The molecule has 0 atom stereocenters. The Morgan fingerprint density at radius 3 is 2.67 bits per heavy atom. The highest BCUT2D eigenvalue weighted by atomic mass is 32.2. The third-order valence-electron chi connectivity index (χ3n) is 5.12. The minimum atomic E-state index is -3.11. The number of fused-ring (bicyclic) bond motifs is 1. The molecule has 2 N–H and O–H groups in total. The van der Waals surface area contributed by atoms with Gasteiger partial charge < -0.3 is 15.2 Å². The first kappa shape index (κ1) is 20.6. The molecule has 0 unspecified atom stereocenters. The van der Waals surface area contributed by atoms with E-state index < -0.39 is 9.84 Å². The van der Waals surface area contributed by atoms with Crippen molar-refractivity contribution in [3.63, 3.8) is 0 Å². The molecule has 7 nitrogen and oxygen atoms in total. The number of ether oxygens (including phenoxy) is 1. The maximum atomic E-state index is 11.6. The summed E-state index contributed by atoms with van der Waals surface area (Å²) in [4.78, 5) is 9.02. The minimum Gasteiger partial charge on any atom is -0.488 e. The Labute approximate surface area is 176 Å². The van der Waals surface area contributed by atoms with E-state index in [1.165, 1.54) is 6.26 Å². The average molecular weight is 428 g/mol. The van der Waals surface area contributed by atoms with Crippen LogP contribution in [0.5, 0.6) is 5.75 Å². The van der Waals surface area contributed by atoms with Crippen LogP contribution in [0.2, 0.25) is 0 Å².